The van der Waals surface area contributed by atoms with Crippen LogP contribution in [0, 0.1) is 18.8 Å². The van der Waals surface area contributed by atoms with Gasteiger partial charge in [0.25, 0.3) is 0 Å². The van der Waals surface area contributed by atoms with Crippen LogP contribution in [-0.2, 0) is 0 Å². The molecule has 0 aliphatic carbocycles. The van der Waals surface area contributed by atoms with Crippen LogP contribution in [0.15, 0.2) is 24.3 Å². The van der Waals surface area contributed by atoms with E-state index in [2.05, 4.69) is 71.1 Å². The van der Waals surface area contributed by atoms with Gasteiger partial charge in [0.2, 0.25) is 0 Å². The van der Waals surface area contributed by atoms with Crippen molar-refractivity contribution < 1.29 is 0 Å². The molecule has 2 atom stereocenters. The highest BCUT2D eigenvalue weighted by Crippen LogP contribution is 2.23. The largest absolute Gasteiger partial charge is 0.314 e. The molecule has 1 aromatic rings. The van der Waals surface area contributed by atoms with Crippen molar-refractivity contribution in [1.82, 2.24) is 5.32 Å². The summed E-state index contributed by atoms with van der Waals surface area (Å²) < 4.78 is 0. The fourth-order valence-electron chi connectivity index (χ4n) is 2.69. The summed E-state index contributed by atoms with van der Waals surface area (Å²) >= 11 is 0. The van der Waals surface area contributed by atoms with Crippen molar-refractivity contribution in [3.05, 3.63) is 35.4 Å². The normalized spacial score (nSPS) is 13.7. The van der Waals surface area contributed by atoms with Gasteiger partial charge in [0, 0.05) is 6.04 Å². The molecule has 0 aliphatic rings. The van der Waals surface area contributed by atoms with E-state index in [-0.39, 0.29) is 0 Å². The number of nitrogens with one attached hydrogen (secondary N) is 1. The van der Waals surface area contributed by atoms with E-state index in [1.54, 1.807) is 0 Å². The van der Waals surface area contributed by atoms with Crippen LogP contribution in [0.4, 0.5) is 0 Å². The van der Waals surface area contributed by atoms with Gasteiger partial charge in [-0.05, 0) is 49.6 Å². The third kappa shape index (κ3) is 9.25. The molecule has 0 saturated carbocycles. The molecule has 1 nitrogen and oxygen atoms in total. The molecule has 2 unspecified atom stereocenters. The maximum Gasteiger partial charge on any atom is 0.00753 e. The zero-order chi connectivity index (χ0) is 17.1. The predicted molar refractivity (Wildman–Crippen MR) is 102 cm³/mol. The smallest absolute Gasteiger partial charge is 0.00753 e. The van der Waals surface area contributed by atoms with Crippen molar-refractivity contribution in [3.8, 4) is 0 Å². The Bertz CT molecular complexity index is 364. The summed E-state index contributed by atoms with van der Waals surface area (Å²) in [5.74, 6) is 2.10. The lowest BCUT2D eigenvalue weighted by Gasteiger charge is -2.25. The van der Waals surface area contributed by atoms with Gasteiger partial charge in [-0.25, -0.2) is 0 Å². The van der Waals surface area contributed by atoms with Gasteiger partial charge in [0.15, 0.2) is 0 Å². The van der Waals surface area contributed by atoms with E-state index in [4.69, 9.17) is 0 Å². The first-order chi connectivity index (χ1) is 10.4. The van der Waals surface area contributed by atoms with E-state index in [0.717, 1.165) is 18.4 Å². The van der Waals surface area contributed by atoms with Crippen LogP contribution >= 0.6 is 0 Å². The number of hydrogen-bond acceptors (Lipinski definition) is 1. The van der Waals surface area contributed by atoms with Crippen molar-refractivity contribution in [2.24, 2.45) is 11.8 Å². The average Bonchev–Trinajstić information content (AvgIpc) is 2.47. The zero-order valence-electron chi connectivity index (χ0n) is 16.2. The topological polar surface area (TPSA) is 12.0 Å². The molecule has 0 bridgehead atoms. The quantitative estimate of drug-likeness (QED) is 0.605. The second kappa shape index (κ2) is 11.7. The molecule has 0 amide bonds. The molecule has 0 aliphatic heterocycles. The number of hydrogen-bond donors (Lipinski definition) is 1. The van der Waals surface area contributed by atoms with E-state index in [9.17, 15) is 0 Å². The minimum Gasteiger partial charge on any atom is -0.314 e. The van der Waals surface area contributed by atoms with Gasteiger partial charge >= 0.3 is 0 Å². The Morgan fingerprint density at radius 3 is 1.82 bits per heavy atom. The molecule has 1 rings (SSSR count). The molecule has 0 fully saturated rings. The van der Waals surface area contributed by atoms with E-state index in [1.165, 1.54) is 24.0 Å². The van der Waals surface area contributed by atoms with E-state index in [1.807, 2.05) is 13.8 Å². The van der Waals surface area contributed by atoms with Gasteiger partial charge in [0.05, 0.1) is 0 Å². The summed E-state index contributed by atoms with van der Waals surface area (Å²) in [5.41, 5.74) is 2.81. The van der Waals surface area contributed by atoms with Gasteiger partial charge in [-0.15, -0.1) is 0 Å². The van der Waals surface area contributed by atoms with Crippen LogP contribution < -0.4 is 5.32 Å². The monoisotopic (exact) mass is 305 g/mol. The second-order valence-electron chi connectivity index (χ2n) is 7.18. The molecule has 0 heterocycles. The Hall–Kier alpha value is -0.820. The van der Waals surface area contributed by atoms with Gasteiger partial charge in [-0.1, -0.05) is 78.3 Å². The predicted octanol–water partition coefficient (Wildman–Crippen LogP) is 6.18. The number of benzene rings is 1. The lowest BCUT2D eigenvalue weighted by atomic mass is 9.89. The first kappa shape index (κ1) is 21.2. The molecule has 1 N–H and O–H groups in total. The molecule has 1 heteroatoms. The molecule has 0 aromatic heterocycles. The minimum atomic E-state index is 0.624. The lowest BCUT2D eigenvalue weighted by Crippen LogP contribution is -2.34. The molecular formula is C21H39N. The molecular weight excluding hydrogens is 266 g/mol. The zero-order valence-corrected chi connectivity index (χ0v) is 16.2. The first-order valence-corrected chi connectivity index (χ1v) is 9.18. The highest BCUT2D eigenvalue weighted by molar-refractivity contribution is 5.24. The van der Waals surface area contributed by atoms with Crippen LogP contribution in [0.1, 0.15) is 78.4 Å². The highest BCUT2D eigenvalue weighted by Gasteiger charge is 2.16. The summed E-state index contributed by atoms with van der Waals surface area (Å²) in [6.45, 7) is 18.8. The molecule has 0 radical (unpaired) electrons. The van der Waals surface area contributed by atoms with Crippen molar-refractivity contribution in [2.45, 2.75) is 80.2 Å². The van der Waals surface area contributed by atoms with Gasteiger partial charge in [0.1, 0.15) is 0 Å². The number of rotatable bonds is 8. The SMILES string of the molecule is CC.Cc1ccc(C(C)CC(CC(C)C)NCC(C)C)cc1. The van der Waals surface area contributed by atoms with Crippen molar-refractivity contribution >= 4 is 0 Å². The van der Waals surface area contributed by atoms with Crippen LogP contribution in [0.5, 0.6) is 0 Å². The summed E-state index contributed by atoms with van der Waals surface area (Å²) in [6, 6.07) is 9.66. The molecule has 128 valence electrons. The highest BCUT2D eigenvalue weighted by atomic mass is 14.9. The molecule has 0 saturated heterocycles. The average molecular weight is 306 g/mol. The maximum absolute atomic E-state index is 3.76. The maximum atomic E-state index is 3.76. The van der Waals surface area contributed by atoms with Crippen LogP contribution in [-0.4, -0.2) is 12.6 Å². The Balaban J connectivity index is 0.00000211. The van der Waals surface area contributed by atoms with Crippen molar-refractivity contribution in [3.63, 3.8) is 0 Å². The summed E-state index contributed by atoms with van der Waals surface area (Å²) in [6.07, 6.45) is 2.50. The third-order valence-electron chi connectivity index (χ3n) is 3.86. The van der Waals surface area contributed by atoms with Gasteiger partial charge in [-0.2, -0.15) is 0 Å². The van der Waals surface area contributed by atoms with Crippen molar-refractivity contribution in [1.29, 1.82) is 0 Å². The molecule has 22 heavy (non-hydrogen) atoms. The molecule has 1 aromatic carbocycles. The first-order valence-electron chi connectivity index (χ1n) is 9.18. The second-order valence-corrected chi connectivity index (χ2v) is 7.18. The number of aryl methyl sites for hydroxylation is 1. The van der Waals surface area contributed by atoms with E-state index < -0.39 is 0 Å². The van der Waals surface area contributed by atoms with Crippen LogP contribution in [0.3, 0.4) is 0 Å². The van der Waals surface area contributed by atoms with Crippen molar-refractivity contribution in [2.75, 3.05) is 6.54 Å². The standard InChI is InChI=1S/C19H33N.C2H6/c1-14(2)11-19(20-13-15(3)4)12-17(6)18-9-7-16(5)8-10-18;1-2/h7-10,14-15,17,19-20H,11-13H2,1-6H3;1-2H3. The van der Waals surface area contributed by atoms with Gasteiger partial charge < -0.3 is 5.32 Å². The van der Waals surface area contributed by atoms with E-state index in [0.29, 0.717) is 12.0 Å². The fourth-order valence-corrected chi connectivity index (χ4v) is 2.69. The summed E-state index contributed by atoms with van der Waals surface area (Å²) in [5, 5.41) is 3.76. The van der Waals surface area contributed by atoms with E-state index >= 15 is 0 Å². The third-order valence-corrected chi connectivity index (χ3v) is 3.86. The fraction of sp³-hybridized carbons (Fsp3) is 0.714. The Morgan fingerprint density at radius 2 is 1.36 bits per heavy atom. The van der Waals surface area contributed by atoms with Gasteiger partial charge in [-0.3, -0.25) is 0 Å². The lowest BCUT2D eigenvalue weighted by molar-refractivity contribution is 0.363. The van der Waals surface area contributed by atoms with Crippen LogP contribution in [0.25, 0.3) is 0 Å². The minimum absolute atomic E-state index is 0.624. The molecule has 0 spiro atoms. The Labute approximate surface area is 139 Å². The van der Waals surface area contributed by atoms with Crippen LogP contribution in [0.2, 0.25) is 0 Å². The Morgan fingerprint density at radius 1 is 0.818 bits per heavy atom. The summed E-state index contributed by atoms with van der Waals surface area (Å²) in [4.78, 5) is 0. The Kier molecular flexibility index (Phi) is 11.3. The summed E-state index contributed by atoms with van der Waals surface area (Å²) in [7, 11) is 0.